The third-order valence-electron chi connectivity index (χ3n) is 5.37. The first-order chi connectivity index (χ1) is 13.9. The molecule has 1 aliphatic heterocycles. The van der Waals surface area contributed by atoms with Crippen molar-refractivity contribution in [1.82, 2.24) is 14.4 Å². The van der Waals surface area contributed by atoms with E-state index in [0.717, 1.165) is 23.4 Å². The van der Waals surface area contributed by atoms with Crippen molar-refractivity contribution in [3.63, 3.8) is 0 Å². The molecule has 0 spiro atoms. The standard InChI is InChI=1S/C23H31N3O3/c1-17(2)14-25(22(28)16-29-4)15-21(27)26-13-12-24-11-7-10-20(24)23(26)19-9-6-5-8-18(19)3/h5-11,17,23H,12-16H2,1-4H3. The third-order valence-corrected chi connectivity index (χ3v) is 5.37. The fourth-order valence-electron chi connectivity index (χ4n) is 4.04. The third kappa shape index (κ3) is 4.70. The minimum atomic E-state index is -0.151. The van der Waals surface area contributed by atoms with Crippen LogP contribution in [0.25, 0.3) is 0 Å². The lowest BCUT2D eigenvalue weighted by molar-refractivity contribution is -0.144. The highest BCUT2D eigenvalue weighted by Crippen LogP contribution is 2.34. The van der Waals surface area contributed by atoms with E-state index < -0.39 is 0 Å². The molecule has 2 aromatic rings. The van der Waals surface area contributed by atoms with E-state index in [2.05, 4.69) is 35.9 Å². The van der Waals surface area contributed by atoms with Crippen LogP contribution in [0.15, 0.2) is 42.6 Å². The van der Waals surface area contributed by atoms with Gasteiger partial charge in [-0.25, -0.2) is 0 Å². The van der Waals surface area contributed by atoms with E-state index in [0.29, 0.717) is 13.1 Å². The van der Waals surface area contributed by atoms with Crippen LogP contribution in [0.2, 0.25) is 0 Å². The van der Waals surface area contributed by atoms with Gasteiger partial charge in [0.05, 0.1) is 12.6 Å². The SMILES string of the molecule is COCC(=O)N(CC(=O)N1CCn2cccc2C1c1ccccc1C)CC(C)C. The fourth-order valence-corrected chi connectivity index (χ4v) is 4.04. The van der Waals surface area contributed by atoms with E-state index in [9.17, 15) is 9.59 Å². The molecule has 2 amide bonds. The van der Waals surface area contributed by atoms with E-state index in [1.807, 2.05) is 36.9 Å². The molecule has 6 heteroatoms. The maximum Gasteiger partial charge on any atom is 0.249 e. The van der Waals surface area contributed by atoms with Crippen LogP contribution in [-0.4, -0.2) is 59.5 Å². The van der Waals surface area contributed by atoms with Gasteiger partial charge < -0.3 is 19.1 Å². The predicted molar refractivity (Wildman–Crippen MR) is 112 cm³/mol. The number of fused-ring (bicyclic) bond motifs is 1. The molecule has 6 nitrogen and oxygen atoms in total. The zero-order chi connectivity index (χ0) is 21.0. The summed E-state index contributed by atoms with van der Waals surface area (Å²) in [5.74, 6) is 0.0903. The molecule has 1 atom stereocenters. The van der Waals surface area contributed by atoms with Crippen LogP contribution in [0.4, 0.5) is 0 Å². The fraction of sp³-hybridized carbons (Fsp3) is 0.478. The van der Waals surface area contributed by atoms with Gasteiger partial charge in [-0.05, 0) is 36.1 Å². The van der Waals surface area contributed by atoms with Crippen LogP contribution in [-0.2, 0) is 20.9 Å². The van der Waals surface area contributed by atoms with Gasteiger partial charge in [0, 0.05) is 38.6 Å². The van der Waals surface area contributed by atoms with Crippen molar-refractivity contribution in [3.8, 4) is 0 Å². The molecule has 0 bridgehead atoms. The summed E-state index contributed by atoms with van der Waals surface area (Å²) in [5, 5.41) is 0. The van der Waals surface area contributed by atoms with Crippen molar-refractivity contribution < 1.29 is 14.3 Å². The topological polar surface area (TPSA) is 54.8 Å². The van der Waals surface area contributed by atoms with E-state index in [4.69, 9.17) is 4.74 Å². The number of carbonyl (C=O) groups excluding carboxylic acids is 2. The molecule has 1 aliphatic rings. The second kappa shape index (κ2) is 9.27. The number of aryl methyl sites for hydroxylation is 1. The molecule has 0 radical (unpaired) electrons. The molecular weight excluding hydrogens is 366 g/mol. The van der Waals surface area contributed by atoms with Gasteiger partial charge in [0.15, 0.2) is 0 Å². The Hall–Kier alpha value is -2.60. The van der Waals surface area contributed by atoms with Crippen LogP contribution >= 0.6 is 0 Å². The molecule has 1 unspecified atom stereocenters. The summed E-state index contributed by atoms with van der Waals surface area (Å²) in [6.07, 6.45) is 2.07. The lowest BCUT2D eigenvalue weighted by Gasteiger charge is -2.39. The normalized spacial score (nSPS) is 16.0. The quantitative estimate of drug-likeness (QED) is 0.722. The largest absolute Gasteiger partial charge is 0.375 e. The number of rotatable bonds is 7. The first-order valence-electron chi connectivity index (χ1n) is 10.2. The highest BCUT2D eigenvalue weighted by atomic mass is 16.5. The lowest BCUT2D eigenvalue weighted by atomic mass is 9.95. The highest BCUT2D eigenvalue weighted by molar-refractivity contribution is 5.86. The molecule has 0 saturated heterocycles. The first kappa shape index (κ1) is 21.1. The van der Waals surface area contributed by atoms with E-state index >= 15 is 0 Å². The Kier molecular flexibility index (Phi) is 6.75. The van der Waals surface area contributed by atoms with Crippen molar-refractivity contribution in [2.75, 3.05) is 33.4 Å². The van der Waals surface area contributed by atoms with Crippen molar-refractivity contribution in [2.24, 2.45) is 5.92 Å². The summed E-state index contributed by atoms with van der Waals surface area (Å²) in [4.78, 5) is 29.4. The van der Waals surface area contributed by atoms with Gasteiger partial charge in [0.2, 0.25) is 11.8 Å². The second-order valence-electron chi connectivity index (χ2n) is 8.07. The molecule has 0 saturated carbocycles. The minimum absolute atomic E-state index is 0.00985. The minimum Gasteiger partial charge on any atom is -0.375 e. The summed E-state index contributed by atoms with van der Waals surface area (Å²) in [6.45, 7) is 8.14. The monoisotopic (exact) mass is 397 g/mol. The van der Waals surface area contributed by atoms with Gasteiger partial charge in [-0.3, -0.25) is 9.59 Å². The molecule has 156 valence electrons. The number of hydrogen-bond acceptors (Lipinski definition) is 3. The molecule has 0 fully saturated rings. The lowest BCUT2D eigenvalue weighted by Crippen LogP contribution is -2.49. The van der Waals surface area contributed by atoms with Gasteiger partial charge >= 0.3 is 0 Å². The number of carbonyl (C=O) groups is 2. The van der Waals surface area contributed by atoms with Gasteiger partial charge in [-0.15, -0.1) is 0 Å². The maximum atomic E-state index is 13.4. The number of aromatic nitrogens is 1. The Morgan fingerprint density at radius 1 is 1.17 bits per heavy atom. The molecule has 29 heavy (non-hydrogen) atoms. The number of ether oxygens (including phenoxy) is 1. The Morgan fingerprint density at radius 2 is 1.93 bits per heavy atom. The average molecular weight is 398 g/mol. The Bertz CT molecular complexity index is 859. The molecule has 0 N–H and O–H groups in total. The maximum absolute atomic E-state index is 13.4. The van der Waals surface area contributed by atoms with Crippen LogP contribution in [0.5, 0.6) is 0 Å². The van der Waals surface area contributed by atoms with Crippen LogP contribution in [0.3, 0.4) is 0 Å². The van der Waals surface area contributed by atoms with Gasteiger partial charge in [-0.2, -0.15) is 0 Å². The number of nitrogens with zero attached hydrogens (tertiary/aromatic N) is 3. The number of methoxy groups -OCH3 is 1. The van der Waals surface area contributed by atoms with Crippen molar-refractivity contribution in [2.45, 2.75) is 33.4 Å². The summed E-state index contributed by atoms with van der Waals surface area (Å²) in [5.41, 5.74) is 3.39. The first-order valence-corrected chi connectivity index (χ1v) is 10.2. The number of benzene rings is 1. The smallest absolute Gasteiger partial charge is 0.249 e. The average Bonchev–Trinajstić information content (AvgIpc) is 3.16. The van der Waals surface area contributed by atoms with Gasteiger partial charge in [-0.1, -0.05) is 38.1 Å². The molecule has 2 heterocycles. The van der Waals surface area contributed by atoms with Crippen LogP contribution in [0.1, 0.15) is 36.7 Å². The van der Waals surface area contributed by atoms with E-state index in [1.165, 1.54) is 7.11 Å². The van der Waals surface area contributed by atoms with Gasteiger partial charge in [0.1, 0.15) is 6.61 Å². The zero-order valence-corrected chi connectivity index (χ0v) is 17.8. The summed E-state index contributed by atoms with van der Waals surface area (Å²) >= 11 is 0. The Labute approximate surface area is 173 Å². The molecule has 1 aromatic heterocycles. The molecule has 3 rings (SSSR count). The Morgan fingerprint density at radius 3 is 2.62 bits per heavy atom. The summed E-state index contributed by atoms with van der Waals surface area (Å²) in [6, 6.07) is 12.2. The zero-order valence-electron chi connectivity index (χ0n) is 17.8. The molecule has 0 aliphatic carbocycles. The number of hydrogen-bond donors (Lipinski definition) is 0. The number of amides is 2. The predicted octanol–water partition coefficient (Wildman–Crippen LogP) is 2.86. The van der Waals surface area contributed by atoms with Crippen LogP contribution in [0, 0.1) is 12.8 Å². The van der Waals surface area contributed by atoms with Crippen LogP contribution < -0.4 is 0 Å². The van der Waals surface area contributed by atoms with E-state index in [1.54, 1.807) is 4.90 Å². The molecule has 1 aromatic carbocycles. The van der Waals surface area contributed by atoms with E-state index in [-0.39, 0.29) is 36.9 Å². The highest BCUT2D eigenvalue weighted by Gasteiger charge is 2.34. The van der Waals surface area contributed by atoms with Crippen molar-refractivity contribution in [3.05, 3.63) is 59.4 Å². The molecular formula is C23H31N3O3. The summed E-state index contributed by atoms with van der Waals surface area (Å²) < 4.78 is 7.23. The summed E-state index contributed by atoms with van der Waals surface area (Å²) in [7, 11) is 1.50. The second-order valence-corrected chi connectivity index (χ2v) is 8.07. The van der Waals surface area contributed by atoms with Crippen molar-refractivity contribution in [1.29, 1.82) is 0 Å². The van der Waals surface area contributed by atoms with Gasteiger partial charge in [0.25, 0.3) is 0 Å². The Balaban J connectivity index is 1.90. The van der Waals surface area contributed by atoms with Crippen molar-refractivity contribution >= 4 is 11.8 Å².